The Kier molecular flexibility index (Phi) is 4.49. The van der Waals surface area contributed by atoms with Crippen LogP contribution < -0.4 is 0 Å². The number of fused-ring (bicyclic) bond motifs is 5. The van der Waals surface area contributed by atoms with Gasteiger partial charge in [-0.2, -0.15) is 0 Å². The predicted molar refractivity (Wildman–Crippen MR) is 105 cm³/mol. The average molecular weight is 407 g/mol. The van der Waals surface area contributed by atoms with Gasteiger partial charge in [0.1, 0.15) is 6.61 Å². The molecule has 0 saturated heterocycles. The summed E-state index contributed by atoms with van der Waals surface area (Å²) in [5, 5.41) is 44.3. The van der Waals surface area contributed by atoms with Crippen molar-refractivity contribution in [3.05, 3.63) is 11.6 Å². The van der Waals surface area contributed by atoms with Crippen LogP contribution >= 0.6 is 0 Å². The summed E-state index contributed by atoms with van der Waals surface area (Å²) in [6, 6.07) is 0. The molecule has 4 fully saturated rings. The molecule has 4 saturated carbocycles. The Balaban J connectivity index is 1.53. The van der Waals surface area contributed by atoms with Crippen LogP contribution in [0.2, 0.25) is 0 Å². The summed E-state index contributed by atoms with van der Waals surface area (Å²) in [7, 11) is 0. The molecule has 0 aromatic heterocycles. The minimum absolute atomic E-state index is 0.00628. The Hall–Kier alpha value is -0.950. The molecule has 9 atom stereocenters. The third-order valence-electron chi connectivity index (χ3n) is 9.90. The van der Waals surface area contributed by atoms with Crippen LogP contribution in [0.5, 0.6) is 0 Å². The quantitative estimate of drug-likeness (QED) is 0.519. The van der Waals surface area contributed by atoms with Crippen LogP contribution in [0.3, 0.4) is 0 Å². The monoisotopic (exact) mass is 406 g/mol. The highest BCUT2D eigenvalue weighted by Gasteiger charge is 2.70. The number of cyclic esters (lactones) is 1. The second-order valence-electron chi connectivity index (χ2n) is 10.8. The highest BCUT2D eigenvalue weighted by atomic mass is 16.5. The molecule has 5 rings (SSSR count). The van der Waals surface area contributed by atoms with E-state index in [-0.39, 0.29) is 42.4 Å². The van der Waals surface area contributed by atoms with Crippen LogP contribution in [0.1, 0.15) is 58.3 Å². The van der Waals surface area contributed by atoms with E-state index in [1.807, 2.05) is 0 Å². The molecule has 0 aromatic rings. The fourth-order valence-electron chi connectivity index (χ4n) is 8.57. The van der Waals surface area contributed by atoms with Crippen molar-refractivity contribution in [2.24, 2.45) is 34.5 Å². The van der Waals surface area contributed by atoms with Gasteiger partial charge in [-0.1, -0.05) is 6.92 Å². The first-order valence-electron chi connectivity index (χ1n) is 11.3. The van der Waals surface area contributed by atoms with E-state index in [1.54, 1.807) is 6.08 Å². The summed E-state index contributed by atoms with van der Waals surface area (Å²) in [5.41, 5.74) is -0.893. The van der Waals surface area contributed by atoms with Gasteiger partial charge in [0, 0.05) is 23.5 Å². The maximum absolute atomic E-state index is 12.1. The maximum atomic E-state index is 12.1. The molecule has 0 spiro atoms. The molecule has 162 valence electrons. The first kappa shape index (κ1) is 20.0. The van der Waals surface area contributed by atoms with E-state index in [9.17, 15) is 25.2 Å². The highest BCUT2D eigenvalue weighted by molar-refractivity contribution is 5.85. The molecule has 1 heterocycles. The van der Waals surface area contributed by atoms with E-state index in [1.165, 1.54) is 0 Å². The smallest absolute Gasteiger partial charge is 0.331 e. The number of hydrogen-bond donors (Lipinski definition) is 4. The largest absolute Gasteiger partial charge is 0.458 e. The minimum Gasteiger partial charge on any atom is -0.458 e. The first-order chi connectivity index (χ1) is 13.7. The summed E-state index contributed by atoms with van der Waals surface area (Å²) in [6.07, 6.45) is 6.29. The molecule has 0 bridgehead atoms. The van der Waals surface area contributed by atoms with Gasteiger partial charge < -0.3 is 25.2 Å². The minimum atomic E-state index is -0.919. The van der Waals surface area contributed by atoms with Crippen molar-refractivity contribution in [3.8, 4) is 0 Å². The molecule has 1 aliphatic heterocycles. The second-order valence-corrected chi connectivity index (χ2v) is 10.8. The van der Waals surface area contributed by atoms with Crippen molar-refractivity contribution in [2.45, 2.75) is 76.1 Å². The van der Waals surface area contributed by atoms with Crippen molar-refractivity contribution in [1.29, 1.82) is 0 Å². The Morgan fingerprint density at radius 3 is 2.66 bits per heavy atom. The van der Waals surface area contributed by atoms with Crippen LogP contribution in [-0.4, -0.2) is 57.4 Å². The summed E-state index contributed by atoms with van der Waals surface area (Å²) in [4.78, 5) is 11.7. The van der Waals surface area contributed by atoms with E-state index in [0.717, 1.165) is 24.8 Å². The summed E-state index contributed by atoms with van der Waals surface area (Å²) in [5.74, 6) is -0.301. The number of carbonyl (C=O) groups excluding carboxylic acids is 1. The van der Waals surface area contributed by atoms with E-state index < -0.39 is 22.5 Å². The lowest BCUT2D eigenvalue weighted by Gasteiger charge is -2.65. The highest BCUT2D eigenvalue weighted by Crippen LogP contribution is 2.69. The van der Waals surface area contributed by atoms with Gasteiger partial charge in [-0.15, -0.1) is 0 Å². The normalized spacial score (nSPS) is 54.2. The fourth-order valence-corrected chi connectivity index (χ4v) is 8.57. The second kappa shape index (κ2) is 6.52. The van der Waals surface area contributed by atoms with E-state index in [2.05, 4.69) is 6.92 Å². The molecule has 4 aliphatic carbocycles. The van der Waals surface area contributed by atoms with Crippen LogP contribution in [0.25, 0.3) is 0 Å². The van der Waals surface area contributed by atoms with Gasteiger partial charge in [-0.25, -0.2) is 4.79 Å². The van der Waals surface area contributed by atoms with Crippen molar-refractivity contribution in [2.75, 3.05) is 13.2 Å². The molecule has 29 heavy (non-hydrogen) atoms. The fraction of sp³-hybridized carbons (Fsp3) is 0.870. The summed E-state index contributed by atoms with van der Waals surface area (Å²) in [6.45, 7) is 2.38. The SMILES string of the molecule is CC12CC(O)C3C(CCC4CC(O)CCC43CO)C1(O)CCC2C1=CC(=O)OC1. The number of hydrogen-bond acceptors (Lipinski definition) is 6. The van der Waals surface area contributed by atoms with E-state index >= 15 is 0 Å². The molecule has 0 amide bonds. The Morgan fingerprint density at radius 2 is 1.97 bits per heavy atom. The van der Waals surface area contributed by atoms with E-state index in [4.69, 9.17) is 4.74 Å². The molecule has 9 unspecified atom stereocenters. The van der Waals surface area contributed by atoms with Gasteiger partial charge in [-0.3, -0.25) is 0 Å². The third kappa shape index (κ3) is 2.52. The Labute approximate surface area is 172 Å². The molecule has 5 aliphatic rings. The van der Waals surface area contributed by atoms with Gasteiger partial charge in [0.25, 0.3) is 0 Å². The first-order valence-corrected chi connectivity index (χ1v) is 11.3. The lowest BCUT2D eigenvalue weighted by Crippen LogP contribution is -2.67. The number of aliphatic hydroxyl groups excluding tert-OH is 3. The zero-order valence-corrected chi connectivity index (χ0v) is 17.2. The maximum Gasteiger partial charge on any atom is 0.331 e. The summed E-state index contributed by atoms with van der Waals surface area (Å²) >= 11 is 0. The zero-order valence-electron chi connectivity index (χ0n) is 17.2. The number of carbonyl (C=O) groups is 1. The summed E-state index contributed by atoms with van der Waals surface area (Å²) < 4.78 is 5.15. The van der Waals surface area contributed by atoms with Crippen molar-refractivity contribution < 1.29 is 30.0 Å². The molecule has 0 aromatic carbocycles. The lowest BCUT2D eigenvalue weighted by atomic mass is 9.42. The number of esters is 1. The Morgan fingerprint density at radius 1 is 1.17 bits per heavy atom. The van der Waals surface area contributed by atoms with E-state index in [0.29, 0.717) is 38.7 Å². The Bertz CT molecular complexity index is 735. The van der Waals surface area contributed by atoms with Gasteiger partial charge in [0.2, 0.25) is 0 Å². The molecular formula is C23H34O6. The van der Waals surface area contributed by atoms with Crippen molar-refractivity contribution in [3.63, 3.8) is 0 Å². The number of aliphatic hydroxyl groups is 4. The predicted octanol–water partition coefficient (Wildman–Crippen LogP) is 1.55. The average Bonchev–Trinajstić information content (AvgIpc) is 3.22. The number of ether oxygens (including phenoxy) is 1. The van der Waals surface area contributed by atoms with Crippen LogP contribution in [-0.2, 0) is 9.53 Å². The lowest BCUT2D eigenvalue weighted by molar-refractivity contribution is -0.252. The van der Waals surface area contributed by atoms with Gasteiger partial charge in [0.15, 0.2) is 0 Å². The van der Waals surface area contributed by atoms with Crippen LogP contribution in [0.4, 0.5) is 0 Å². The third-order valence-corrected chi connectivity index (χ3v) is 9.90. The molecular weight excluding hydrogens is 372 g/mol. The van der Waals surface area contributed by atoms with Crippen molar-refractivity contribution >= 4 is 5.97 Å². The van der Waals surface area contributed by atoms with Gasteiger partial charge >= 0.3 is 5.97 Å². The van der Waals surface area contributed by atoms with Gasteiger partial charge in [0.05, 0.1) is 17.8 Å². The molecule has 6 nitrogen and oxygen atoms in total. The van der Waals surface area contributed by atoms with Crippen LogP contribution in [0, 0.1) is 34.5 Å². The topological polar surface area (TPSA) is 107 Å². The number of rotatable bonds is 2. The van der Waals surface area contributed by atoms with Crippen molar-refractivity contribution in [1.82, 2.24) is 0 Å². The molecule has 6 heteroatoms. The zero-order chi connectivity index (χ0) is 20.6. The standard InChI is InChI=1S/C23H34O6/c1-21-10-18(26)20-17(3-2-14-9-15(25)4-6-22(14,20)12-24)23(21,28)7-5-16(21)13-8-19(27)29-11-13/h8,14-18,20,24-26,28H,2-7,9-12H2,1H3. The van der Waals surface area contributed by atoms with Gasteiger partial charge in [-0.05, 0) is 80.6 Å². The molecule has 0 radical (unpaired) electrons. The molecule has 4 N–H and O–H groups in total. The van der Waals surface area contributed by atoms with Crippen LogP contribution in [0.15, 0.2) is 11.6 Å².